The van der Waals surface area contributed by atoms with Crippen LogP contribution in [-0.4, -0.2) is 44.2 Å². The fourth-order valence-electron chi connectivity index (χ4n) is 2.47. The number of hydrogen-bond donors (Lipinski definition) is 2. The molecule has 0 saturated carbocycles. The molecular weight excluding hydrogens is 382 g/mol. The molecule has 0 aliphatic carbocycles. The monoisotopic (exact) mass is 403 g/mol. The molecule has 2 rings (SSSR count). The van der Waals surface area contributed by atoms with E-state index in [0.717, 1.165) is 6.07 Å². The minimum absolute atomic E-state index is 0.0486. The molecule has 0 spiro atoms. The van der Waals surface area contributed by atoms with Gasteiger partial charge in [-0.15, -0.1) is 0 Å². The van der Waals surface area contributed by atoms with Gasteiger partial charge in [-0.05, 0) is 25.1 Å². The molecule has 0 fully saturated rings. The maximum Gasteiger partial charge on any atom is 0.341 e. The number of nitro benzene ring substituents is 1. The first-order chi connectivity index (χ1) is 13.8. The smallest absolute Gasteiger partial charge is 0.341 e. The molecule has 0 radical (unpaired) electrons. The Morgan fingerprint density at radius 1 is 1.07 bits per heavy atom. The fraction of sp³-hybridized carbons (Fsp3) is 0.263. The second-order valence-corrected chi connectivity index (χ2v) is 5.84. The van der Waals surface area contributed by atoms with E-state index in [0.29, 0.717) is 22.9 Å². The molecule has 10 nitrogen and oxygen atoms in total. The Morgan fingerprint density at radius 3 is 2.34 bits per heavy atom. The Kier molecular flexibility index (Phi) is 6.96. The molecule has 154 valence electrons. The number of nitro groups is 1. The number of carbonyl (C=O) groups excluding carboxylic acids is 2. The summed E-state index contributed by atoms with van der Waals surface area (Å²) in [6, 6.07) is 8.53. The number of amides is 1. The van der Waals surface area contributed by atoms with E-state index in [1.165, 1.54) is 33.3 Å². The van der Waals surface area contributed by atoms with Crippen molar-refractivity contribution in [3.8, 4) is 11.5 Å². The van der Waals surface area contributed by atoms with Crippen LogP contribution >= 0.6 is 0 Å². The van der Waals surface area contributed by atoms with E-state index in [9.17, 15) is 19.7 Å². The summed E-state index contributed by atoms with van der Waals surface area (Å²) in [7, 11) is 4.52. The lowest BCUT2D eigenvalue weighted by Crippen LogP contribution is -2.30. The molecule has 1 amide bonds. The van der Waals surface area contributed by atoms with Gasteiger partial charge in [-0.3, -0.25) is 14.9 Å². The van der Waals surface area contributed by atoms with Crippen molar-refractivity contribution < 1.29 is 28.7 Å². The van der Waals surface area contributed by atoms with E-state index in [1.54, 1.807) is 25.2 Å². The number of methoxy groups -OCH3 is 2. The number of anilines is 2. The van der Waals surface area contributed by atoms with Crippen LogP contribution in [0.4, 0.5) is 17.1 Å². The molecule has 0 bridgehead atoms. The first-order valence-corrected chi connectivity index (χ1v) is 8.50. The Hall–Kier alpha value is -3.82. The van der Waals surface area contributed by atoms with Crippen molar-refractivity contribution in [1.29, 1.82) is 0 Å². The molecule has 0 heterocycles. The predicted octanol–water partition coefficient (Wildman–Crippen LogP) is 2.84. The van der Waals surface area contributed by atoms with E-state index >= 15 is 0 Å². The van der Waals surface area contributed by atoms with Crippen molar-refractivity contribution in [3.63, 3.8) is 0 Å². The fourth-order valence-corrected chi connectivity index (χ4v) is 2.47. The molecule has 0 aromatic heterocycles. The molecular formula is C19H21N3O7. The van der Waals surface area contributed by atoms with Gasteiger partial charge in [-0.25, -0.2) is 4.79 Å². The average molecular weight is 403 g/mol. The Bertz CT molecular complexity index is 930. The maximum atomic E-state index is 12.4. The molecule has 0 unspecified atom stereocenters. The summed E-state index contributed by atoms with van der Waals surface area (Å²) < 4.78 is 15.5. The second kappa shape index (κ2) is 9.40. The molecule has 2 aromatic carbocycles. The van der Waals surface area contributed by atoms with Gasteiger partial charge in [0.1, 0.15) is 0 Å². The van der Waals surface area contributed by atoms with Gasteiger partial charge in [0.25, 0.3) is 11.6 Å². The van der Waals surface area contributed by atoms with Crippen molar-refractivity contribution in [2.75, 3.05) is 31.9 Å². The number of non-ortho nitro benzene ring substituents is 1. The largest absolute Gasteiger partial charge is 0.493 e. The van der Waals surface area contributed by atoms with Crippen molar-refractivity contribution in [2.45, 2.75) is 13.0 Å². The Balaban J connectivity index is 2.12. The number of hydrogen-bond acceptors (Lipinski definition) is 8. The number of ether oxygens (including phenoxy) is 3. The number of rotatable bonds is 8. The highest BCUT2D eigenvalue weighted by molar-refractivity contribution is 6.00. The van der Waals surface area contributed by atoms with Crippen molar-refractivity contribution >= 4 is 28.9 Å². The zero-order valence-corrected chi connectivity index (χ0v) is 16.3. The third-order valence-electron chi connectivity index (χ3n) is 4.01. The van der Waals surface area contributed by atoms with E-state index in [1.807, 2.05) is 0 Å². The average Bonchev–Trinajstić information content (AvgIpc) is 2.72. The first kappa shape index (κ1) is 21.5. The summed E-state index contributed by atoms with van der Waals surface area (Å²) >= 11 is 0. The quantitative estimate of drug-likeness (QED) is 0.391. The third-order valence-corrected chi connectivity index (χ3v) is 4.01. The summed E-state index contributed by atoms with van der Waals surface area (Å²) in [5.74, 6) is -0.532. The number of nitrogens with one attached hydrogen (secondary N) is 2. The molecule has 29 heavy (non-hydrogen) atoms. The van der Waals surface area contributed by atoms with Crippen LogP contribution in [0, 0.1) is 10.1 Å². The Morgan fingerprint density at radius 2 is 1.76 bits per heavy atom. The zero-order chi connectivity index (χ0) is 21.6. The van der Waals surface area contributed by atoms with Crippen LogP contribution < -0.4 is 20.1 Å². The van der Waals surface area contributed by atoms with Crippen molar-refractivity contribution in [2.24, 2.45) is 0 Å². The van der Waals surface area contributed by atoms with Gasteiger partial charge >= 0.3 is 5.97 Å². The zero-order valence-electron chi connectivity index (χ0n) is 16.3. The van der Waals surface area contributed by atoms with Crippen LogP contribution in [0.2, 0.25) is 0 Å². The SMILES string of the molecule is CNc1ccc([N+](=O)[O-])cc1C(=O)O[C@H](C)C(=O)Nc1ccc(OC)c(OC)c1. The van der Waals surface area contributed by atoms with Gasteiger partial charge in [0.15, 0.2) is 17.6 Å². The summed E-state index contributed by atoms with van der Waals surface area (Å²) in [5.41, 5.74) is 0.445. The van der Waals surface area contributed by atoms with Crippen LogP contribution in [0.3, 0.4) is 0 Å². The summed E-state index contributed by atoms with van der Waals surface area (Å²) in [4.78, 5) is 35.2. The van der Waals surface area contributed by atoms with Crippen LogP contribution in [0.25, 0.3) is 0 Å². The van der Waals surface area contributed by atoms with Crippen LogP contribution in [0.5, 0.6) is 11.5 Å². The minimum atomic E-state index is -1.15. The summed E-state index contributed by atoms with van der Waals surface area (Å²) in [6.45, 7) is 1.39. The van der Waals surface area contributed by atoms with Crippen molar-refractivity contribution in [3.05, 3.63) is 52.1 Å². The van der Waals surface area contributed by atoms with Gasteiger partial charge in [0, 0.05) is 36.6 Å². The molecule has 0 aliphatic heterocycles. The predicted molar refractivity (Wildman–Crippen MR) is 106 cm³/mol. The Labute approximate surface area is 166 Å². The number of benzene rings is 2. The first-order valence-electron chi connectivity index (χ1n) is 8.50. The highest BCUT2D eigenvalue weighted by Crippen LogP contribution is 2.30. The normalized spacial score (nSPS) is 11.2. The molecule has 0 saturated heterocycles. The lowest BCUT2D eigenvalue weighted by molar-refractivity contribution is -0.384. The summed E-state index contributed by atoms with van der Waals surface area (Å²) in [5, 5.41) is 16.3. The molecule has 0 aliphatic rings. The lowest BCUT2D eigenvalue weighted by Gasteiger charge is -2.16. The molecule has 2 aromatic rings. The lowest BCUT2D eigenvalue weighted by atomic mass is 10.1. The molecule has 10 heteroatoms. The standard InChI is InChI=1S/C19H21N3O7/c1-11(18(23)21-12-5-8-16(27-3)17(9-12)28-4)29-19(24)14-10-13(22(25)26)6-7-15(14)20-2/h5-11,20H,1-4H3,(H,21,23)/t11-/m1/s1. The molecule has 1 atom stereocenters. The number of nitrogens with zero attached hydrogens (tertiary/aromatic N) is 1. The van der Waals surface area contributed by atoms with Gasteiger partial charge in [-0.2, -0.15) is 0 Å². The molecule has 2 N–H and O–H groups in total. The van der Waals surface area contributed by atoms with Crippen LogP contribution in [0.1, 0.15) is 17.3 Å². The second-order valence-electron chi connectivity index (χ2n) is 5.84. The summed E-state index contributed by atoms with van der Waals surface area (Å²) in [6.07, 6.45) is -1.15. The van der Waals surface area contributed by atoms with Gasteiger partial charge in [0.2, 0.25) is 0 Å². The minimum Gasteiger partial charge on any atom is -0.493 e. The third kappa shape index (κ3) is 5.12. The van der Waals surface area contributed by atoms with Gasteiger partial charge in [0.05, 0.1) is 24.7 Å². The van der Waals surface area contributed by atoms with E-state index in [2.05, 4.69) is 10.6 Å². The maximum absolute atomic E-state index is 12.4. The van der Waals surface area contributed by atoms with E-state index < -0.39 is 22.9 Å². The van der Waals surface area contributed by atoms with Gasteiger partial charge in [-0.1, -0.05) is 0 Å². The van der Waals surface area contributed by atoms with Gasteiger partial charge < -0.3 is 24.8 Å². The topological polar surface area (TPSA) is 129 Å². The van der Waals surface area contributed by atoms with Crippen LogP contribution in [-0.2, 0) is 9.53 Å². The highest BCUT2D eigenvalue weighted by atomic mass is 16.6. The van der Waals surface area contributed by atoms with Crippen LogP contribution in [0.15, 0.2) is 36.4 Å². The number of carbonyl (C=O) groups is 2. The van der Waals surface area contributed by atoms with E-state index in [4.69, 9.17) is 14.2 Å². The highest BCUT2D eigenvalue weighted by Gasteiger charge is 2.23. The van der Waals surface area contributed by atoms with Crippen molar-refractivity contribution in [1.82, 2.24) is 0 Å². The van der Waals surface area contributed by atoms with E-state index in [-0.39, 0.29) is 11.3 Å². The number of esters is 1.